The van der Waals surface area contributed by atoms with Crippen LogP contribution in [0, 0.1) is 5.92 Å². The van der Waals surface area contributed by atoms with Crippen LogP contribution in [0.5, 0.6) is 11.5 Å². The smallest absolute Gasteiger partial charge is 0.179 e. The Labute approximate surface area is 113 Å². The SMILES string of the molecule is COc1cc(C(C)(C)O)cc(Cl)c1OCC1CC1. The highest BCUT2D eigenvalue weighted by Crippen LogP contribution is 2.40. The molecule has 2 rings (SSSR count). The number of halogens is 1. The Balaban J connectivity index is 2.27. The van der Waals surface area contributed by atoms with Crippen molar-refractivity contribution in [3.63, 3.8) is 0 Å². The molecule has 0 radical (unpaired) electrons. The third kappa shape index (κ3) is 3.09. The summed E-state index contributed by atoms with van der Waals surface area (Å²) in [5.74, 6) is 1.79. The lowest BCUT2D eigenvalue weighted by Crippen LogP contribution is -2.16. The Bertz CT molecular complexity index is 433. The molecule has 0 aromatic heterocycles. The molecule has 1 N–H and O–H groups in total. The summed E-state index contributed by atoms with van der Waals surface area (Å²) < 4.78 is 11.0. The molecule has 1 aliphatic rings. The van der Waals surface area contributed by atoms with Crippen molar-refractivity contribution in [2.45, 2.75) is 32.3 Å². The fourth-order valence-electron chi connectivity index (χ4n) is 1.70. The molecule has 1 fully saturated rings. The Morgan fingerprint density at radius 2 is 2.06 bits per heavy atom. The Morgan fingerprint density at radius 1 is 1.39 bits per heavy atom. The second kappa shape index (κ2) is 4.98. The largest absolute Gasteiger partial charge is 0.493 e. The van der Waals surface area contributed by atoms with Crippen molar-refractivity contribution in [3.8, 4) is 11.5 Å². The average Bonchev–Trinajstić information content (AvgIpc) is 3.09. The molecule has 18 heavy (non-hydrogen) atoms. The molecule has 0 spiro atoms. The molecule has 0 bridgehead atoms. The Morgan fingerprint density at radius 3 is 2.56 bits per heavy atom. The van der Waals surface area contributed by atoms with E-state index >= 15 is 0 Å². The molecule has 1 aromatic rings. The molecule has 0 amide bonds. The summed E-state index contributed by atoms with van der Waals surface area (Å²) >= 11 is 6.21. The van der Waals surface area contributed by atoms with Crippen LogP contribution in [0.4, 0.5) is 0 Å². The van der Waals surface area contributed by atoms with E-state index in [0.717, 1.165) is 0 Å². The van der Waals surface area contributed by atoms with E-state index in [9.17, 15) is 5.11 Å². The molecular formula is C14H19ClO3. The van der Waals surface area contributed by atoms with E-state index < -0.39 is 5.60 Å². The molecule has 0 atom stereocenters. The standard InChI is InChI=1S/C14H19ClO3/c1-14(2,16)10-6-11(15)13(12(7-10)17-3)18-8-9-4-5-9/h6-7,9,16H,4-5,8H2,1-3H3. The zero-order valence-corrected chi connectivity index (χ0v) is 11.8. The van der Waals surface area contributed by atoms with Gasteiger partial charge in [0.15, 0.2) is 11.5 Å². The van der Waals surface area contributed by atoms with E-state index in [-0.39, 0.29) is 0 Å². The highest BCUT2D eigenvalue weighted by molar-refractivity contribution is 6.32. The van der Waals surface area contributed by atoms with Crippen molar-refractivity contribution in [2.75, 3.05) is 13.7 Å². The Kier molecular flexibility index (Phi) is 3.74. The van der Waals surface area contributed by atoms with Crippen LogP contribution in [0.2, 0.25) is 5.02 Å². The van der Waals surface area contributed by atoms with Gasteiger partial charge >= 0.3 is 0 Å². The van der Waals surface area contributed by atoms with Crippen molar-refractivity contribution in [1.29, 1.82) is 0 Å². The molecule has 0 heterocycles. The van der Waals surface area contributed by atoms with Crippen LogP contribution < -0.4 is 9.47 Å². The van der Waals surface area contributed by atoms with E-state index in [1.165, 1.54) is 12.8 Å². The van der Waals surface area contributed by atoms with Gasteiger partial charge in [0.1, 0.15) is 0 Å². The van der Waals surface area contributed by atoms with E-state index in [2.05, 4.69) is 0 Å². The van der Waals surface area contributed by atoms with Gasteiger partial charge in [0, 0.05) is 0 Å². The van der Waals surface area contributed by atoms with Gasteiger partial charge in [-0.05, 0) is 50.3 Å². The van der Waals surface area contributed by atoms with Gasteiger partial charge in [0.25, 0.3) is 0 Å². The molecule has 100 valence electrons. The lowest BCUT2D eigenvalue weighted by atomic mass is 9.98. The molecule has 1 aliphatic carbocycles. The summed E-state index contributed by atoms with van der Waals surface area (Å²) in [6.07, 6.45) is 2.45. The summed E-state index contributed by atoms with van der Waals surface area (Å²) in [5.41, 5.74) is -0.241. The van der Waals surface area contributed by atoms with Crippen molar-refractivity contribution in [3.05, 3.63) is 22.7 Å². The fourth-order valence-corrected chi connectivity index (χ4v) is 1.96. The number of benzene rings is 1. The molecule has 0 saturated heterocycles. The number of methoxy groups -OCH3 is 1. The topological polar surface area (TPSA) is 38.7 Å². The normalized spacial score (nSPS) is 15.6. The van der Waals surface area contributed by atoms with Crippen LogP contribution >= 0.6 is 11.6 Å². The van der Waals surface area contributed by atoms with Crippen molar-refractivity contribution in [1.82, 2.24) is 0 Å². The van der Waals surface area contributed by atoms with Gasteiger partial charge in [0.05, 0.1) is 24.3 Å². The van der Waals surface area contributed by atoms with Crippen molar-refractivity contribution >= 4 is 11.6 Å². The lowest BCUT2D eigenvalue weighted by Gasteiger charge is -2.21. The maximum Gasteiger partial charge on any atom is 0.179 e. The van der Waals surface area contributed by atoms with Gasteiger partial charge in [-0.15, -0.1) is 0 Å². The summed E-state index contributed by atoms with van der Waals surface area (Å²) in [6, 6.07) is 3.50. The van der Waals surface area contributed by atoms with Crippen LogP contribution in [0.15, 0.2) is 12.1 Å². The maximum atomic E-state index is 10.00. The highest BCUT2D eigenvalue weighted by atomic mass is 35.5. The molecule has 0 aliphatic heterocycles. The summed E-state index contributed by atoms with van der Waals surface area (Å²) in [6.45, 7) is 4.10. The van der Waals surface area contributed by atoms with Gasteiger partial charge in [0.2, 0.25) is 0 Å². The highest BCUT2D eigenvalue weighted by Gasteiger charge is 2.25. The number of rotatable bonds is 5. The third-order valence-electron chi connectivity index (χ3n) is 3.10. The second-order valence-electron chi connectivity index (χ2n) is 5.30. The monoisotopic (exact) mass is 270 g/mol. The lowest BCUT2D eigenvalue weighted by molar-refractivity contribution is 0.0782. The van der Waals surface area contributed by atoms with E-state index in [4.69, 9.17) is 21.1 Å². The minimum absolute atomic E-state index is 0.479. The predicted octanol–water partition coefficient (Wildman–Crippen LogP) is 3.36. The molecule has 1 saturated carbocycles. The van der Waals surface area contributed by atoms with Crippen LogP contribution in [-0.2, 0) is 5.60 Å². The first kappa shape index (κ1) is 13.5. The summed E-state index contributed by atoms with van der Waals surface area (Å²) in [5, 5.41) is 10.5. The average molecular weight is 271 g/mol. The maximum absolute atomic E-state index is 10.00. The van der Waals surface area contributed by atoms with Crippen molar-refractivity contribution in [2.24, 2.45) is 5.92 Å². The predicted molar refractivity (Wildman–Crippen MR) is 71.5 cm³/mol. The number of ether oxygens (including phenoxy) is 2. The summed E-state index contributed by atoms with van der Waals surface area (Å²) in [4.78, 5) is 0. The first-order chi connectivity index (χ1) is 8.41. The second-order valence-corrected chi connectivity index (χ2v) is 5.71. The van der Waals surface area contributed by atoms with Crippen LogP contribution in [-0.4, -0.2) is 18.8 Å². The zero-order chi connectivity index (χ0) is 13.3. The quantitative estimate of drug-likeness (QED) is 0.892. The molecule has 4 heteroatoms. The first-order valence-corrected chi connectivity index (χ1v) is 6.53. The van der Waals surface area contributed by atoms with Crippen LogP contribution in [0.25, 0.3) is 0 Å². The zero-order valence-electron chi connectivity index (χ0n) is 11.0. The number of hydrogen-bond acceptors (Lipinski definition) is 3. The minimum atomic E-state index is -0.952. The van der Waals surface area contributed by atoms with Gasteiger partial charge < -0.3 is 14.6 Å². The molecule has 3 nitrogen and oxygen atoms in total. The van der Waals surface area contributed by atoms with Gasteiger partial charge in [-0.3, -0.25) is 0 Å². The minimum Gasteiger partial charge on any atom is -0.493 e. The van der Waals surface area contributed by atoms with Crippen LogP contribution in [0.3, 0.4) is 0 Å². The molecule has 1 aromatic carbocycles. The van der Waals surface area contributed by atoms with Crippen molar-refractivity contribution < 1.29 is 14.6 Å². The number of aliphatic hydroxyl groups is 1. The van der Waals surface area contributed by atoms with Crippen LogP contribution in [0.1, 0.15) is 32.3 Å². The van der Waals surface area contributed by atoms with E-state index in [1.807, 2.05) is 0 Å². The van der Waals surface area contributed by atoms with E-state index in [1.54, 1.807) is 33.1 Å². The third-order valence-corrected chi connectivity index (χ3v) is 3.38. The van der Waals surface area contributed by atoms with Gasteiger partial charge in [-0.1, -0.05) is 11.6 Å². The Hall–Kier alpha value is -0.930. The molecular weight excluding hydrogens is 252 g/mol. The van der Waals surface area contributed by atoms with Gasteiger partial charge in [-0.2, -0.15) is 0 Å². The fraction of sp³-hybridized carbons (Fsp3) is 0.571. The molecule has 0 unspecified atom stereocenters. The van der Waals surface area contributed by atoms with Gasteiger partial charge in [-0.25, -0.2) is 0 Å². The number of hydrogen-bond donors (Lipinski definition) is 1. The van der Waals surface area contributed by atoms with E-state index in [0.29, 0.717) is 34.6 Å². The summed E-state index contributed by atoms with van der Waals surface area (Å²) in [7, 11) is 1.57. The first-order valence-electron chi connectivity index (χ1n) is 6.15.